The summed E-state index contributed by atoms with van der Waals surface area (Å²) in [4.78, 5) is 24.3. The maximum absolute atomic E-state index is 12.3. The van der Waals surface area contributed by atoms with E-state index < -0.39 is 12.2 Å². The molecular weight excluding hydrogens is 336 g/mol. The van der Waals surface area contributed by atoms with E-state index >= 15 is 0 Å². The van der Waals surface area contributed by atoms with Gasteiger partial charge >= 0.3 is 6.09 Å². The van der Waals surface area contributed by atoms with E-state index in [2.05, 4.69) is 17.4 Å². The Morgan fingerprint density at radius 3 is 2.40 bits per heavy atom. The molecule has 1 aliphatic carbocycles. The van der Waals surface area contributed by atoms with E-state index in [1.54, 1.807) is 11.8 Å². The van der Waals surface area contributed by atoms with E-state index in [9.17, 15) is 9.59 Å². The van der Waals surface area contributed by atoms with Crippen molar-refractivity contribution in [3.63, 3.8) is 0 Å². The van der Waals surface area contributed by atoms with Gasteiger partial charge in [0.05, 0.1) is 0 Å². The van der Waals surface area contributed by atoms with Crippen molar-refractivity contribution in [1.29, 1.82) is 0 Å². The fourth-order valence-corrected chi connectivity index (χ4v) is 3.33. The fraction of sp³-hybridized carbons (Fsp3) is 0.263. The molecule has 3 rings (SSSR count). The Kier molecular flexibility index (Phi) is 5.60. The van der Waals surface area contributed by atoms with Crippen LogP contribution in [0.5, 0.6) is 0 Å². The average molecular weight is 356 g/mol. The average Bonchev–Trinajstić information content (AvgIpc) is 3.45. The van der Waals surface area contributed by atoms with Crippen LogP contribution in [0, 0.1) is 5.92 Å². The molecule has 0 spiro atoms. The van der Waals surface area contributed by atoms with Gasteiger partial charge in [-0.05, 0) is 42.7 Å². The summed E-state index contributed by atoms with van der Waals surface area (Å²) in [6.07, 6.45) is 0.0327. The lowest BCUT2D eigenvalue weighted by Crippen LogP contribution is -2.35. The summed E-state index contributed by atoms with van der Waals surface area (Å²) in [5.41, 5.74) is 6.99. The van der Waals surface area contributed by atoms with E-state index in [0.717, 1.165) is 23.5 Å². The normalized spacial score (nSPS) is 14.6. The molecular formula is C19H20N2O3S. The van der Waals surface area contributed by atoms with E-state index in [1.165, 1.54) is 5.56 Å². The van der Waals surface area contributed by atoms with E-state index in [-0.39, 0.29) is 11.8 Å². The molecule has 0 radical (unpaired) electrons. The van der Waals surface area contributed by atoms with Crippen molar-refractivity contribution >= 4 is 29.4 Å². The van der Waals surface area contributed by atoms with Gasteiger partial charge in [-0.2, -0.15) is 0 Å². The Balaban J connectivity index is 1.54. The van der Waals surface area contributed by atoms with Crippen LogP contribution in [-0.2, 0) is 15.3 Å². The smallest absolute Gasteiger partial charge is 0.405 e. The van der Waals surface area contributed by atoms with Crippen LogP contribution >= 0.6 is 11.8 Å². The van der Waals surface area contributed by atoms with Gasteiger partial charge in [0.2, 0.25) is 0 Å². The molecule has 0 heterocycles. The van der Waals surface area contributed by atoms with Crippen molar-refractivity contribution in [3.05, 3.63) is 60.2 Å². The van der Waals surface area contributed by atoms with Crippen molar-refractivity contribution in [2.75, 3.05) is 5.32 Å². The molecule has 0 unspecified atom stereocenters. The number of ether oxygens (including phenoxy) is 1. The topological polar surface area (TPSA) is 81.4 Å². The van der Waals surface area contributed by atoms with E-state index in [0.29, 0.717) is 5.69 Å². The molecule has 2 aromatic rings. The van der Waals surface area contributed by atoms with Gasteiger partial charge in [0.15, 0.2) is 6.10 Å². The lowest BCUT2D eigenvalue weighted by atomic mass is 10.2. The molecule has 25 heavy (non-hydrogen) atoms. The maximum atomic E-state index is 12.3. The number of thioether (sulfide) groups is 1. The number of rotatable bonds is 7. The Morgan fingerprint density at radius 2 is 1.80 bits per heavy atom. The predicted molar refractivity (Wildman–Crippen MR) is 98.3 cm³/mol. The summed E-state index contributed by atoms with van der Waals surface area (Å²) >= 11 is 1.73. The summed E-state index contributed by atoms with van der Waals surface area (Å²) in [6, 6.07) is 17.9. The van der Waals surface area contributed by atoms with Gasteiger partial charge in [-0.15, -0.1) is 11.8 Å². The number of hydrogen-bond acceptors (Lipinski definition) is 4. The third-order valence-electron chi connectivity index (χ3n) is 3.92. The van der Waals surface area contributed by atoms with Gasteiger partial charge in [-0.25, -0.2) is 4.79 Å². The summed E-state index contributed by atoms with van der Waals surface area (Å²) in [5.74, 6) is 0.641. The Morgan fingerprint density at radius 1 is 1.12 bits per heavy atom. The van der Waals surface area contributed by atoms with Crippen molar-refractivity contribution in [2.45, 2.75) is 29.6 Å². The van der Waals surface area contributed by atoms with Crippen molar-refractivity contribution in [3.8, 4) is 0 Å². The molecule has 0 aromatic heterocycles. The summed E-state index contributed by atoms with van der Waals surface area (Å²) in [5, 5.41) is 2.79. The molecule has 5 nitrogen and oxygen atoms in total. The van der Waals surface area contributed by atoms with Crippen molar-refractivity contribution < 1.29 is 14.3 Å². The van der Waals surface area contributed by atoms with Crippen LogP contribution in [0.3, 0.4) is 0 Å². The molecule has 3 N–H and O–H groups in total. The zero-order valence-electron chi connectivity index (χ0n) is 13.7. The Bertz CT molecular complexity index is 730. The molecule has 1 atom stereocenters. The highest BCUT2D eigenvalue weighted by atomic mass is 32.2. The van der Waals surface area contributed by atoms with Crippen LogP contribution in [0.2, 0.25) is 0 Å². The number of primary amides is 1. The minimum Gasteiger partial charge on any atom is -0.436 e. The number of carbonyl (C=O) groups is 2. The largest absolute Gasteiger partial charge is 0.436 e. The van der Waals surface area contributed by atoms with Crippen LogP contribution in [0.1, 0.15) is 18.4 Å². The third kappa shape index (κ3) is 5.26. The SMILES string of the molecule is NC(=O)O[C@H](C(=O)Nc1ccc(SCc2ccccc2)cc1)C1CC1. The molecule has 0 saturated heterocycles. The van der Waals surface area contributed by atoms with Gasteiger partial charge in [0.1, 0.15) is 0 Å². The molecule has 130 valence electrons. The minimum absolute atomic E-state index is 0.0770. The second kappa shape index (κ2) is 8.07. The highest BCUT2D eigenvalue weighted by Gasteiger charge is 2.39. The maximum Gasteiger partial charge on any atom is 0.405 e. The van der Waals surface area contributed by atoms with Crippen LogP contribution in [0.4, 0.5) is 10.5 Å². The number of benzene rings is 2. The first kappa shape index (κ1) is 17.4. The Labute approximate surface area is 150 Å². The van der Waals surface area contributed by atoms with Crippen LogP contribution in [0.15, 0.2) is 59.5 Å². The molecule has 1 aliphatic rings. The second-order valence-electron chi connectivity index (χ2n) is 5.98. The fourth-order valence-electron chi connectivity index (χ4n) is 2.48. The number of nitrogens with one attached hydrogen (secondary N) is 1. The van der Waals surface area contributed by atoms with Gasteiger partial charge in [0, 0.05) is 22.3 Å². The number of carbonyl (C=O) groups excluding carboxylic acids is 2. The van der Waals surface area contributed by atoms with Gasteiger partial charge < -0.3 is 15.8 Å². The van der Waals surface area contributed by atoms with Crippen molar-refractivity contribution in [2.24, 2.45) is 11.7 Å². The zero-order chi connectivity index (χ0) is 17.6. The molecule has 1 saturated carbocycles. The highest BCUT2D eigenvalue weighted by Crippen LogP contribution is 2.35. The summed E-state index contributed by atoms with van der Waals surface area (Å²) in [6.45, 7) is 0. The zero-order valence-corrected chi connectivity index (χ0v) is 14.5. The van der Waals surface area contributed by atoms with E-state index in [4.69, 9.17) is 10.5 Å². The highest BCUT2D eigenvalue weighted by molar-refractivity contribution is 7.98. The second-order valence-corrected chi connectivity index (χ2v) is 7.03. The van der Waals surface area contributed by atoms with Gasteiger partial charge in [-0.1, -0.05) is 30.3 Å². The van der Waals surface area contributed by atoms with Crippen molar-refractivity contribution in [1.82, 2.24) is 0 Å². The first-order valence-corrected chi connectivity index (χ1v) is 9.14. The lowest BCUT2D eigenvalue weighted by Gasteiger charge is -2.15. The monoisotopic (exact) mass is 356 g/mol. The summed E-state index contributed by atoms with van der Waals surface area (Å²) < 4.78 is 4.94. The summed E-state index contributed by atoms with van der Waals surface area (Å²) in [7, 11) is 0. The predicted octanol–water partition coefficient (Wildman–Crippen LogP) is 3.79. The number of amides is 2. The third-order valence-corrected chi connectivity index (χ3v) is 5.01. The Hall–Kier alpha value is -2.47. The first-order chi connectivity index (χ1) is 12.1. The molecule has 2 amide bonds. The molecule has 0 bridgehead atoms. The quantitative estimate of drug-likeness (QED) is 0.740. The number of hydrogen-bond donors (Lipinski definition) is 2. The first-order valence-electron chi connectivity index (χ1n) is 8.15. The van der Waals surface area contributed by atoms with E-state index in [1.807, 2.05) is 42.5 Å². The van der Waals surface area contributed by atoms with Crippen LogP contribution in [0.25, 0.3) is 0 Å². The standard InChI is InChI=1S/C19H20N2O3S/c20-19(23)24-17(14-6-7-14)18(22)21-15-8-10-16(11-9-15)25-12-13-4-2-1-3-5-13/h1-5,8-11,14,17H,6-7,12H2,(H2,20,23)(H,21,22)/t17-/m0/s1. The molecule has 1 fully saturated rings. The number of anilines is 1. The van der Waals surface area contributed by atoms with Crippen LogP contribution < -0.4 is 11.1 Å². The molecule has 0 aliphatic heterocycles. The number of nitrogens with two attached hydrogens (primary N) is 1. The molecule has 2 aromatic carbocycles. The van der Waals surface area contributed by atoms with Gasteiger partial charge in [0.25, 0.3) is 5.91 Å². The van der Waals surface area contributed by atoms with Gasteiger partial charge in [-0.3, -0.25) is 4.79 Å². The minimum atomic E-state index is -0.917. The van der Waals surface area contributed by atoms with Crippen LogP contribution in [-0.4, -0.2) is 18.1 Å². The molecule has 6 heteroatoms. The lowest BCUT2D eigenvalue weighted by molar-refractivity contribution is -0.125.